The van der Waals surface area contributed by atoms with Gasteiger partial charge in [0.15, 0.2) is 5.96 Å². The molecule has 0 bridgehead atoms. The summed E-state index contributed by atoms with van der Waals surface area (Å²) in [6.45, 7) is 4.97. The highest BCUT2D eigenvalue weighted by Gasteiger charge is 2.00. The standard InChI is InChI=1S/C25H30N4O.HI/c1-2-26-25(27-17-8-11-21-9-4-3-5-10-21)28-19-22-13-15-23(16-14-22)20-29-18-7-6-12-24(29)30;/h3-7,9-10,12-16,18H,2,8,11,17,19-20H2,1H3,(H2,26,27,28);1H. The average molecular weight is 530 g/mol. The fraction of sp³-hybridized carbons (Fsp3) is 0.280. The Bertz CT molecular complexity index is 984. The highest BCUT2D eigenvalue weighted by Crippen LogP contribution is 2.07. The third-order valence-electron chi connectivity index (χ3n) is 4.82. The van der Waals surface area contributed by atoms with E-state index in [0.717, 1.165) is 43.0 Å². The molecule has 1 heterocycles. The molecule has 0 saturated carbocycles. The summed E-state index contributed by atoms with van der Waals surface area (Å²) in [6.07, 6.45) is 3.92. The molecule has 0 amide bonds. The van der Waals surface area contributed by atoms with Gasteiger partial charge in [-0.3, -0.25) is 4.79 Å². The fourth-order valence-corrected chi connectivity index (χ4v) is 3.19. The number of guanidine groups is 1. The van der Waals surface area contributed by atoms with Gasteiger partial charge in [-0.2, -0.15) is 0 Å². The van der Waals surface area contributed by atoms with Crippen LogP contribution in [0, 0.1) is 0 Å². The molecule has 0 atom stereocenters. The lowest BCUT2D eigenvalue weighted by Gasteiger charge is -2.11. The Balaban J connectivity index is 0.00000341. The van der Waals surface area contributed by atoms with Gasteiger partial charge in [-0.05, 0) is 42.5 Å². The van der Waals surface area contributed by atoms with E-state index >= 15 is 0 Å². The van der Waals surface area contributed by atoms with Crippen molar-refractivity contribution < 1.29 is 0 Å². The third-order valence-corrected chi connectivity index (χ3v) is 4.82. The number of hydrogen-bond acceptors (Lipinski definition) is 2. The highest BCUT2D eigenvalue weighted by atomic mass is 127. The quantitative estimate of drug-likeness (QED) is 0.189. The highest BCUT2D eigenvalue weighted by molar-refractivity contribution is 14.0. The molecule has 0 saturated heterocycles. The molecule has 3 aromatic rings. The number of aliphatic imine (C=N–C) groups is 1. The summed E-state index contributed by atoms with van der Waals surface area (Å²) in [5.74, 6) is 0.838. The molecule has 31 heavy (non-hydrogen) atoms. The molecular formula is C25H31IN4O. The smallest absolute Gasteiger partial charge is 0.250 e. The minimum absolute atomic E-state index is 0. The van der Waals surface area contributed by atoms with Crippen molar-refractivity contribution in [3.63, 3.8) is 0 Å². The molecule has 0 aliphatic carbocycles. The largest absolute Gasteiger partial charge is 0.357 e. The average Bonchev–Trinajstić information content (AvgIpc) is 2.78. The molecule has 6 heteroatoms. The zero-order valence-corrected chi connectivity index (χ0v) is 20.3. The number of aryl methyl sites for hydroxylation is 1. The van der Waals surface area contributed by atoms with Gasteiger partial charge in [-0.1, -0.05) is 60.7 Å². The van der Waals surface area contributed by atoms with Crippen molar-refractivity contribution in [1.29, 1.82) is 0 Å². The number of aromatic nitrogens is 1. The van der Waals surface area contributed by atoms with Crippen LogP contribution in [0.1, 0.15) is 30.0 Å². The van der Waals surface area contributed by atoms with Gasteiger partial charge in [-0.25, -0.2) is 4.99 Å². The molecule has 0 spiro atoms. The van der Waals surface area contributed by atoms with Crippen LogP contribution < -0.4 is 16.2 Å². The van der Waals surface area contributed by atoms with Crippen LogP contribution in [-0.4, -0.2) is 23.6 Å². The maximum atomic E-state index is 11.8. The summed E-state index contributed by atoms with van der Waals surface area (Å²) < 4.78 is 1.70. The first kappa shape index (κ1) is 24.7. The summed E-state index contributed by atoms with van der Waals surface area (Å²) in [6, 6.07) is 24.0. The van der Waals surface area contributed by atoms with Gasteiger partial charge < -0.3 is 15.2 Å². The Labute approximate surface area is 201 Å². The van der Waals surface area contributed by atoms with Crippen molar-refractivity contribution >= 4 is 29.9 Å². The van der Waals surface area contributed by atoms with Crippen LogP contribution in [-0.2, 0) is 19.5 Å². The number of halogens is 1. The number of nitrogens with one attached hydrogen (secondary N) is 2. The van der Waals surface area contributed by atoms with Crippen molar-refractivity contribution in [1.82, 2.24) is 15.2 Å². The van der Waals surface area contributed by atoms with E-state index in [9.17, 15) is 4.79 Å². The van der Waals surface area contributed by atoms with Crippen LogP contribution >= 0.6 is 24.0 Å². The van der Waals surface area contributed by atoms with E-state index in [-0.39, 0.29) is 29.5 Å². The van der Waals surface area contributed by atoms with E-state index in [1.165, 1.54) is 5.56 Å². The zero-order chi connectivity index (χ0) is 21.0. The zero-order valence-electron chi connectivity index (χ0n) is 18.0. The van der Waals surface area contributed by atoms with E-state index in [1.807, 2.05) is 18.3 Å². The van der Waals surface area contributed by atoms with Gasteiger partial charge >= 0.3 is 0 Å². The summed E-state index contributed by atoms with van der Waals surface area (Å²) in [7, 11) is 0. The number of nitrogens with zero attached hydrogens (tertiary/aromatic N) is 2. The van der Waals surface area contributed by atoms with Gasteiger partial charge in [0.1, 0.15) is 0 Å². The van der Waals surface area contributed by atoms with Crippen LogP contribution in [0.4, 0.5) is 0 Å². The molecule has 0 unspecified atom stereocenters. The molecule has 2 aromatic carbocycles. The lowest BCUT2D eigenvalue weighted by Crippen LogP contribution is -2.37. The lowest BCUT2D eigenvalue weighted by atomic mass is 10.1. The molecule has 5 nitrogen and oxygen atoms in total. The van der Waals surface area contributed by atoms with Crippen molar-refractivity contribution in [3.8, 4) is 0 Å². The van der Waals surface area contributed by atoms with Crippen molar-refractivity contribution in [2.75, 3.05) is 13.1 Å². The number of pyridine rings is 1. The normalized spacial score (nSPS) is 10.9. The van der Waals surface area contributed by atoms with Gasteiger partial charge in [0, 0.05) is 25.4 Å². The molecule has 0 aliphatic rings. The van der Waals surface area contributed by atoms with Crippen LogP contribution in [0.3, 0.4) is 0 Å². The SMILES string of the molecule is CCNC(=NCc1ccc(Cn2ccccc2=O)cc1)NCCCc1ccccc1.I. The predicted octanol–water partition coefficient (Wildman–Crippen LogP) is 4.20. The van der Waals surface area contributed by atoms with Gasteiger partial charge in [0.25, 0.3) is 5.56 Å². The van der Waals surface area contributed by atoms with Crippen molar-refractivity contribution in [3.05, 3.63) is 106 Å². The maximum absolute atomic E-state index is 11.8. The minimum Gasteiger partial charge on any atom is -0.357 e. The summed E-state index contributed by atoms with van der Waals surface area (Å²) in [5.41, 5.74) is 3.61. The van der Waals surface area contributed by atoms with E-state index in [0.29, 0.717) is 13.1 Å². The number of hydrogen-bond donors (Lipinski definition) is 2. The Hall–Kier alpha value is -2.61. The Morgan fingerprint density at radius 1 is 0.871 bits per heavy atom. The minimum atomic E-state index is 0. The van der Waals surface area contributed by atoms with Gasteiger partial charge in [-0.15, -0.1) is 24.0 Å². The Morgan fingerprint density at radius 3 is 2.29 bits per heavy atom. The summed E-state index contributed by atoms with van der Waals surface area (Å²) >= 11 is 0. The summed E-state index contributed by atoms with van der Waals surface area (Å²) in [5, 5.41) is 6.71. The first-order chi connectivity index (χ1) is 14.7. The second-order valence-corrected chi connectivity index (χ2v) is 7.19. The second-order valence-electron chi connectivity index (χ2n) is 7.19. The second kappa shape index (κ2) is 13.6. The summed E-state index contributed by atoms with van der Waals surface area (Å²) in [4.78, 5) is 16.5. The first-order valence-electron chi connectivity index (χ1n) is 10.5. The van der Waals surface area contributed by atoms with Crippen molar-refractivity contribution in [2.45, 2.75) is 32.9 Å². The maximum Gasteiger partial charge on any atom is 0.250 e. The van der Waals surface area contributed by atoms with E-state index in [2.05, 4.69) is 66.1 Å². The molecule has 0 aliphatic heterocycles. The molecule has 164 valence electrons. The van der Waals surface area contributed by atoms with E-state index in [4.69, 9.17) is 4.99 Å². The van der Waals surface area contributed by atoms with E-state index in [1.54, 1.807) is 16.7 Å². The number of rotatable bonds is 9. The Kier molecular flexibility index (Phi) is 10.9. The first-order valence-corrected chi connectivity index (χ1v) is 10.5. The monoisotopic (exact) mass is 530 g/mol. The van der Waals surface area contributed by atoms with Crippen LogP contribution in [0.15, 0.2) is 88.8 Å². The van der Waals surface area contributed by atoms with Crippen LogP contribution in [0.5, 0.6) is 0 Å². The molecule has 2 N–H and O–H groups in total. The molecule has 3 rings (SSSR count). The topological polar surface area (TPSA) is 58.4 Å². The van der Waals surface area contributed by atoms with Crippen LogP contribution in [0.25, 0.3) is 0 Å². The van der Waals surface area contributed by atoms with Crippen LogP contribution in [0.2, 0.25) is 0 Å². The predicted molar refractivity (Wildman–Crippen MR) is 139 cm³/mol. The van der Waals surface area contributed by atoms with Gasteiger partial charge in [0.05, 0.1) is 13.1 Å². The number of benzene rings is 2. The third kappa shape index (κ3) is 8.57. The fourth-order valence-electron chi connectivity index (χ4n) is 3.19. The molecular weight excluding hydrogens is 499 g/mol. The molecule has 0 radical (unpaired) electrons. The van der Waals surface area contributed by atoms with Crippen molar-refractivity contribution in [2.24, 2.45) is 4.99 Å². The lowest BCUT2D eigenvalue weighted by molar-refractivity contribution is 0.743. The van der Waals surface area contributed by atoms with Gasteiger partial charge in [0.2, 0.25) is 0 Å². The van der Waals surface area contributed by atoms with E-state index < -0.39 is 0 Å². The molecule has 0 fully saturated rings. The molecule has 1 aromatic heterocycles. The Morgan fingerprint density at radius 2 is 1.58 bits per heavy atom.